The van der Waals surface area contributed by atoms with Crippen LogP contribution in [0.4, 0.5) is 5.69 Å². The summed E-state index contributed by atoms with van der Waals surface area (Å²) in [5.41, 5.74) is 4.71. The van der Waals surface area contributed by atoms with E-state index in [2.05, 4.69) is 90.2 Å². The van der Waals surface area contributed by atoms with Gasteiger partial charge < -0.3 is 19.2 Å². The summed E-state index contributed by atoms with van der Waals surface area (Å²) in [6.07, 6.45) is 4.56. The zero-order valence-electron chi connectivity index (χ0n) is 33.5. The maximum absolute atomic E-state index is 14.5. The number of allylic oxidation sites excluding steroid dienone is 1. The fourth-order valence-electron chi connectivity index (χ4n) is 9.63. The third-order valence-electron chi connectivity index (χ3n) is 12.2. The Bertz CT molecular complexity index is 2340. The van der Waals surface area contributed by atoms with Gasteiger partial charge in [0.2, 0.25) is 11.8 Å². The van der Waals surface area contributed by atoms with Gasteiger partial charge in [0.25, 0.3) is 8.32 Å². The van der Waals surface area contributed by atoms with Crippen molar-refractivity contribution in [3.63, 3.8) is 0 Å². The van der Waals surface area contributed by atoms with E-state index in [0.29, 0.717) is 30.5 Å². The van der Waals surface area contributed by atoms with E-state index in [9.17, 15) is 19.7 Å². The number of nitrogens with zero attached hydrogens (tertiary/aromatic N) is 2. The Balaban J connectivity index is 1.23. The third-order valence-corrected chi connectivity index (χ3v) is 17.7. The van der Waals surface area contributed by atoms with Crippen molar-refractivity contribution < 1.29 is 28.8 Å². The van der Waals surface area contributed by atoms with Gasteiger partial charge in [-0.3, -0.25) is 19.5 Å². The molecule has 5 aromatic rings. The van der Waals surface area contributed by atoms with Crippen LogP contribution in [0.2, 0.25) is 11.4 Å². The molecular weight excluding hydrogens is 819 g/mol. The van der Waals surface area contributed by atoms with E-state index < -0.39 is 39.3 Å². The fourth-order valence-corrected chi connectivity index (χ4v) is 14.6. The Morgan fingerprint density at radius 1 is 0.898 bits per heavy atom. The van der Waals surface area contributed by atoms with Crippen LogP contribution in [0.1, 0.15) is 51.3 Å². The minimum atomic E-state index is -3.02. The van der Waals surface area contributed by atoms with Crippen LogP contribution in [0.5, 0.6) is 5.75 Å². The minimum absolute atomic E-state index is 0.141. The number of halogens is 1. The zero-order valence-corrected chi connectivity index (χ0v) is 36.1. The molecule has 0 bridgehead atoms. The molecule has 300 valence electrons. The lowest BCUT2D eigenvalue weighted by Crippen LogP contribution is -2.66. The number of imide groups is 1. The largest absolute Gasteiger partial charge is 0.507 e. The number of aromatic nitrogens is 1. The quantitative estimate of drug-likeness (QED) is 0.0780. The number of carbonyl (C=O) groups is 2. The summed E-state index contributed by atoms with van der Waals surface area (Å²) in [7, 11) is -4.16. The van der Waals surface area contributed by atoms with Crippen molar-refractivity contribution in [2.75, 3.05) is 11.5 Å². The maximum Gasteiger partial charge on any atom is 0.455 e. The second kappa shape index (κ2) is 17.0. The van der Waals surface area contributed by atoms with Crippen LogP contribution in [0.15, 0.2) is 149 Å². The molecule has 4 atom stereocenters. The lowest BCUT2D eigenvalue weighted by Gasteiger charge is -2.46. The number of anilines is 1. The average molecular weight is 868 g/mol. The summed E-state index contributed by atoms with van der Waals surface area (Å²) in [5.74, 6) is -2.03. The molecule has 3 heterocycles. The van der Waals surface area contributed by atoms with Gasteiger partial charge in [-0.1, -0.05) is 122 Å². The Morgan fingerprint density at radius 3 is 2.17 bits per heavy atom. The summed E-state index contributed by atoms with van der Waals surface area (Å²) in [5, 5.41) is 24.3. The van der Waals surface area contributed by atoms with Crippen molar-refractivity contribution in [2.24, 2.45) is 17.8 Å². The molecule has 2 amide bonds. The maximum atomic E-state index is 14.5. The number of amides is 2. The van der Waals surface area contributed by atoms with E-state index >= 15 is 0 Å². The molecule has 2 aliphatic heterocycles. The molecule has 0 saturated carbocycles. The number of phenolic OH excluding ortho intramolecular Hbond substituents is 1. The molecule has 0 radical (unpaired) electrons. The van der Waals surface area contributed by atoms with Crippen molar-refractivity contribution in [1.82, 2.24) is 4.98 Å². The predicted molar refractivity (Wildman–Crippen MR) is 239 cm³/mol. The third kappa shape index (κ3) is 7.94. The van der Waals surface area contributed by atoms with Crippen molar-refractivity contribution in [3.8, 4) is 5.75 Å². The van der Waals surface area contributed by atoms with Crippen molar-refractivity contribution in [2.45, 2.75) is 57.5 Å². The van der Waals surface area contributed by atoms with Gasteiger partial charge in [0.15, 0.2) is 0 Å². The summed E-state index contributed by atoms with van der Waals surface area (Å²) >= 11 is 3.54. The van der Waals surface area contributed by atoms with Gasteiger partial charge in [-0.2, -0.15) is 0 Å². The molecule has 1 aliphatic carbocycles. The van der Waals surface area contributed by atoms with Crippen molar-refractivity contribution in [3.05, 3.63) is 160 Å². The second-order valence-corrected chi connectivity index (χ2v) is 22.0. The van der Waals surface area contributed by atoms with Crippen LogP contribution in [0.25, 0.3) is 11.6 Å². The molecule has 8 rings (SSSR count). The number of aromatic hydroxyl groups is 1. The summed E-state index contributed by atoms with van der Waals surface area (Å²) in [6, 6.07) is 41.1. The molecule has 2 N–H and O–H groups in total. The molecule has 0 unspecified atom stereocenters. The van der Waals surface area contributed by atoms with E-state index in [-0.39, 0.29) is 35.5 Å². The number of para-hydroxylation sites is 1. The highest BCUT2D eigenvalue weighted by Crippen LogP contribution is 2.52. The van der Waals surface area contributed by atoms with Crippen LogP contribution in [-0.2, 0) is 18.7 Å². The number of hydrogen-bond donors (Lipinski definition) is 2. The molecule has 1 aromatic heterocycles. The van der Waals surface area contributed by atoms with E-state index in [1.807, 2.05) is 60.7 Å². The molecule has 3 aliphatic rings. The zero-order chi connectivity index (χ0) is 41.3. The van der Waals surface area contributed by atoms with E-state index in [0.717, 1.165) is 37.3 Å². The molecule has 2 fully saturated rings. The molecular formula is C48H48BBrN2O6Si. The highest BCUT2D eigenvalue weighted by molar-refractivity contribution is 9.10. The van der Waals surface area contributed by atoms with Gasteiger partial charge in [0.1, 0.15) is 5.75 Å². The first kappa shape index (κ1) is 40.9. The number of carbonyl (C=O) groups excluding carboxylic acids is 2. The van der Waals surface area contributed by atoms with Crippen LogP contribution in [0, 0.1) is 17.8 Å². The smallest absolute Gasteiger partial charge is 0.455 e. The van der Waals surface area contributed by atoms with E-state index in [1.165, 1.54) is 4.90 Å². The topological polar surface area (TPSA) is 109 Å². The number of rotatable bonds is 11. The van der Waals surface area contributed by atoms with Gasteiger partial charge in [-0.25, -0.2) is 0 Å². The van der Waals surface area contributed by atoms with Crippen molar-refractivity contribution in [1.29, 1.82) is 0 Å². The molecule has 4 aromatic carbocycles. The molecule has 0 spiro atoms. The Morgan fingerprint density at radius 2 is 1.54 bits per heavy atom. The number of pyridine rings is 1. The van der Waals surface area contributed by atoms with Gasteiger partial charge in [-0.15, -0.1) is 0 Å². The van der Waals surface area contributed by atoms with Crippen LogP contribution in [-0.4, -0.2) is 55.1 Å². The first-order valence-electron chi connectivity index (χ1n) is 20.3. The number of benzene rings is 4. The Hall–Kier alpha value is -4.91. The first-order valence-corrected chi connectivity index (χ1v) is 23.0. The molecule has 2 saturated heterocycles. The van der Waals surface area contributed by atoms with Crippen LogP contribution in [0.3, 0.4) is 0 Å². The Kier molecular flexibility index (Phi) is 11.8. The number of phenols is 1. The average Bonchev–Trinajstić information content (AvgIpc) is 3.49. The van der Waals surface area contributed by atoms with Gasteiger partial charge in [0, 0.05) is 16.2 Å². The molecule has 8 nitrogen and oxygen atoms in total. The highest BCUT2D eigenvalue weighted by atomic mass is 79.9. The van der Waals surface area contributed by atoms with Gasteiger partial charge >= 0.3 is 7.12 Å². The van der Waals surface area contributed by atoms with Crippen LogP contribution >= 0.6 is 15.9 Å². The van der Waals surface area contributed by atoms with Crippen molar-refractivity contribution >= 4 is 70.9 Å². The van der Waals surface area contributed by atoms with Gasteiger partial charge in [-0.05, 0) is 112 Å². The van der Waals surface area contributed by atoms with E-state index in [4.69, 9.17) is 9.08 Å². The predicted octanol–water partition coefficient (Wildman–Crippen LogP) is 8.45. The number of fused-ring (bicyclic) bond motifs is 3. The molecule has 11 heteroatoms. The SMILES string of the molecule is CC(C)(C)[Si](OCC1=C2[C@@H](CC/C(=C/c3cc(Br)ccc3O)c3ccccn3)OB(O)C[C@@H]2[C@@H]2C(=O)N(c3ccccc3)C(=O)[C@@H]2C1)(c1ccccc1)c1ccccc1. The minimum Gasteiger partial charge on any atom is -0.507 e. The van der Waals surface area contributed by atoms with E-state index in [1.54, 1.807) is 30.5 Å². The fraction of sp³-hybridized carbons (Fsp3) is 0.271. The second-order valence-electron chi connectivity index (χ2n) is 16.7. The molecule has 59 heavy (non-hydrogen) atoms. The first-order chi connectivity index (χ1) is 28.5. The Labute approximate surface area is 356 Å². The highest BCUT2D eigenvalue weighted by Gasteiger charge is 2.58. The standard InChI is InChI=1S/C48H48BBrN2O6Si/c1-48(2,3)59(37-17-9-5-10-18-37,38-19-11-6-12-20-38)57-31-34-29-39-45(47(55)52(46(39)54)36-15-7-4-8-16-36)40-30-49(56)58-43(44(34)40)25-22-32(41-21-13-14-26-51-41)27-33-28-35(50)23-24-42(33)53/h4-21,23-24,26-28,39-40,43,45,53,56H,22,25,29-31H2,1-3H3/b32-27-/t39-,40+,43-,45-/m1/s1. The summed E-state index contributed by atoms with van der Waals surface area (Å²) in [6.45, 7) is 6.96. The lowest BCUT2D eigenvalue weighted by atomic mass is 9.58. The van der Waals surface area contributed by atoms with Crippen LogP contribution < -0.4 is 15.3 Å². The normalized spacial score (nSPS) is 21.1. The number of hydrogen-bond acceptors (Lipinski definition) is 7. The summed E-state index contributed by atoms with van der Waals surface area (Å²) in [4.78, 5) is 35.0. The van der Waals surface area contributed by atoms with Gasteiger partial charge in [0.05, 0.1) is 35.9 Å². The monoisotopic (exact) mass is 866 g/mol. The lowest BCUT2D eigenvalue weighted by molar-refractivity contribution is -0.122. The summed E-state index contributed by atoms with van der Waals surface area (Å²) < 4.78 is 14.9.